The van der Waals surface area contributed by atoms with E-state index in [9.17, 15) is 16.8 Å². The van der Waals surface area contributed by atoms with Crippen LogP contribution in [-0.4, -0.2) is 45.5 Å². The maximum atomic E-state index is 11.4. The van der Waals surface area contributed by atoms with Crippen LogP contribution in [0.2, 0.25) is 0 Å². The highest BCUT2D eigenvalue weighted by molar-refractivity contribution is 14.1. The molecular weight excluding hydrogens is 539 g/mol. The van der Waals surface area contributed by atoms with E-state index in [2.05, 4.69) is 32.1 Å². The molecule has 10 heteroatoms. The molecule has 0 N–H and O–H groups in total. The van der Waals surface area contributed by atoms with Crippen LogP contribution in [0.25, 0.3) is 0 Å². The minimum atomic E-state index is -3.15. The smallest absolute Gasteiger partial charge is 0.175 e. The first-order valence-electron chi connectivity index (χ1n) is 8.90. The molecule has 2 aromatic carbocycles. The summed E-state index contributed by atoms with van der Waals surface area (Å²) < 4.78 is 53.4. The van der Waals surface area contributed by atoms with E-state index in [4.69, 9.17) is 4.74 Å². The Bertz CT molecular complexity index is 1220. The summed E-state index contributed by atoms with van der Waals surface area (Å²) in [7, 11) is -6.17. The van der Waals surface area contributed by atoms with Gasteiger partial charge < -0.3 is 9.30 Å². The van der Waals surface area contributed by atoms with Crippen molar-refractivity contribution < 1.29 is 21.6 Å². The van der Waals surface area contributed by atoms with Gasteiger partial charge in [-0.05, 0) is 64.6 Å². The maximum absolute atomic E-state index is 11.4. The van der Waals surface area contributed by atoms with E-state index >= 15 is 0 Å². The van der Waals surface area contributed by atoms with Crippen molar-refractivity contribution in [3.8, 4) is 0 Å². The van der Waals surface area contributed by atoms with Crippen molar-refractivity contribution >= 4 is 42.3 Å². The molecule has 7 nitrogen and oxygen atoms in total. The van der Waals surface area contributed by atoms with Crippen LogP contribution in [0.15, 0.2) is 70.8 Å². The average Bonchev–Trinajstić information content (AvgIpc) is 3.16. The largest absolute Gasteiger partial charge is 0.373 e. The van der Waals surface area contributed by atoms with E-state index in [1.54, 1.807) is 48.9 Å². The molecule has 0 saturated carbocycles. The van der Waals surface area contributed by atoms with E-state index in [1.807, 2.05) is 12.1 Å². The number of fused-ring (bicyclic) bond motifs is 1. The van der Waals surface area contributed by atoms with Gasteiger partial charge in [0, 0.05) is 16.1 Å². The predicted molar refractivity (Wildman–Crippen MR) is 122 cm³/mol. The van der Waals surface area contributed by atoms with Gasteiger partial charge in [0.2, 0.25) is 0 Å². The van der Waals surface area contributed by atoms with Gasteiger partial charge in [-0.15, -0.1) is 0 Å². The lowest BCUT2D eigenvalue weighted by molar-refractivity contribution is 0.0695. The van der Waals surface area contributed by atoms with Crippen LogP contribution >= 0.6 is 22.6 Å². The summed E-state index contributed by atoms with van der Waals surface area (Å²) in [4.78, 5) is 4.83. The Balaban J connectivity index is 0.000000199. The Labute approximate surface area is 190 Å². The first-order chi connectivity index (χ1) is 14.1. The van der Waals surface area contributed by atoms with Crippen molar-refractivity contribution in [1.29, 1.82) is 0 Å². The normalized spacial score (nSPS) is 16.3. The van der Waals surface area contributed by atoms with Gasteiger partial charge in [0.1, 0.15) is 0 Å². The van der Waals surface area contributed by atoms with Crippen LogP contribution in [-0.2, 0) is 31.0 Å². The molecule has 1 aromatic heterocycles. The molecule has 4 rings (SSSR count). The lowest BCUT2D eigenvalue weighted by Crippen LogP contribution is -2.23. The van der Waals surface area contributed by atoms with E-state index in [0.717, 1.165) is 14.8 Å². The van der Waals surface area contributed by atoms with Crippen LogP contribution in [0.1, 0.15) is 17.3 Å². The predicted octanol–water partition coefficient (Wildman–Crippen LogP) is 3.10. The number of hydrogen-bond acceptors (Lipinski definition) is 6. The van der Waals surface area contributed by atoms with E-state index in [1.165, 1.54) is 12.5 Å². The van der Waals surface area contributed by atoms with Crippen molar-refractivity contribution in [2.75, 3.05) is 19.1 Å². The zero-order chi connectivity index (χ0) is 21.9. The molecule has 1 unspecified atom stereocenters. The summed E-state index contributed by atoms with van der Waals surface area (Å²) in [5, 5.41) is 0. The summed E-state index contributed by atoms with van der Waals surface area (Å²) in [6.45, 7) is 1.14. The van der Waals surface area contributed by atoms with Crippen molar-refractivity contribution in [3.05, 3.63) is 75.9 Å². The highest BCUT2D eigenvalue weighted by Crippen LogP contribution is 2.26. The number of benzene rings is 2. The lowest BCUT2D eigenvalue weighted by Gasteiger charge is -2.26. The molecule has 0 amide bonds. The molecule has 2 heterocycles. The molecule has 0 fully saturated rings. The number of nitrogens with zero attached hydrogens (tertiary/aromatic N) is 2. The van der Waals surface area contributed by atoms with Crippen molar-refractivity contribution in [2.45, 2.75) is 22.4 Å². The molecule has 30 heavy (non-hydrogen) atoms. The third-order valence-electron chi connectivity index (χ3n) is 4.54. The molecule has 0 aliphatic carbocycles. The third kappa shape index (κ3) is 5.68. The van der Waals surface area contributed by atoms with Gasteiger partial charge in [0.05, 0.1) is 47.3 Å². The third-order valence-corrected chi connectivity index (χ3v) is 7.52. The topological polar surface area (TPSA) is 95.3 Å². The molecule has 0 saturated heterocycles. The average molecular weight is 560 g/mol. The van der Waals surface area contributed by atoms with Gasteiger partial charge in [0.15, 0.2) is 19.7 Å². The number of imidazole rings is 1. The standard InChI is InChI=1S/C13H14N2O3S.C7H7IO2S/c1-19(16,17)12-4-2-10(3-5-12)13-8-18-7-11-6-14-9-15(11)13;1-11(9,10)7-4-2-6(8)3-5-7/h2-6,9,13H,7-8H2,1H3;2-5H,1H3. The number of hydrogen-bond donors (Lipinski definition) is 0. The first-order valence-corrected chi connectivity index (χ1v) is 13.8. The van der Waals surface area contributed by atoms with E-state index in [-0.39, 0.29) is 6.04 Å². The number of aromatic nitrogens is 2. The Hall–Kier alpha value is -1.76. The highest BCUT2D eigenvalue weighted by Gasteiger charge is 2.21. The second kappa shape index (κ2) is 9.16. The van der Waals surface area contributed by atoms with Crippen LogP contribution in [0.3, 0.4) is 0 Å². The summed E-state index contributed by atoms with van der Waals surface area (Å²) in [6.07, 6.45) is 5.99. The van der Waals surface area contributed by atoms with Crippen LogP contribution in [0.5, 0.6) is 0 Å². The van der Waals surface area contributed by atoms with Gasteiger partial charge in [-0.1, -0.05) is 12.1 Å². The molecule has 1 aliphatic heterocycles. The first kappa shape index (κ1) is 22.9. The van der Waals surface area contributed by atoms with Gasteiger partial charge in [-0.2, -0.15) is 0 Å². The minimum absolute atomic E-state index is 0.0554. The van der Waals surface area contributed by atoms with Crippen LogP contribution < -0.4 is 0 Å². The SMILES string of the molecule is CS(=O)(=O)c1ccc(C2COCc3cncn32)cc1.CS(=O)(=O)c1ccc(I)cc1. The van der Waals surface area contributed by atoms with Crippen molar-refractivity contribution in [1.82, 2.24) is 9.55 Å². The molecule has 0 spiro atoms. The summed E-state index contributed by atoms with van der Waals surface area (Å²) in [6, 6.07) is 13.8. The second-order valence-corrected chi connectivity index (χ2v) is 12.2. The van der Waals surface area contributed by atoms with Crippen molar-refractivity contribution in [3.63, 3.8) is 0 Å². The molecule has 1 atom stereocenters. The fraction of sp³-hybridized carbons (Fsp3) is 0.250. The Morgan fingerprint density at radius 3 is 2.00 bits per heavy atom. The zero-order valence-electron chi connectivity index (χ0n) is 16.4. The van der Waals surface area contributed by atoms with Gasteiger partial charge in [-0.3, -0.25) is 0 Å². The molecule has 3 aromatic rings. The quantitative estimate of drug-likeness (QED) is 0.457. The maximum Gasteiger partial charge on any atom is 0.175 e. The molecule has 0 radical (unpaired) electrons. The highest BCUT2D eigenvalue weighted by atomic mass is 127. The fourth-order valence-corrected chi connectivity index (χ4v) is 4.58. The Morgan fingerprint density at radius 1 is 0.933 bits per heavy atom. The fourth-order valence-electron chi connectivity index (χ4n) is 2.96. The Kier molecular flexibility index (Phi) is 7.00. The lowest BCUT2D eigenvalue weighted by atomic mass is 10.1. The number of sulfone groups is 2. The molecular formula is C20H21IN2O5S2. The number of halogens is 1. The molecule has 160 valence electrons. The van der Waals surface area contributed by atoms with Crippen LogP contribution in [0.4, 0.5) is 0 Å². The summed E-state index contributed by atoms with van der Waals surface area (Å²) >= 11 is 2.13. The molecule has 1 aliphatic rings. The number of ether oxygens (including phenoxy) is 1. The van der Waals surface area contributed by atoms with Gasteiger partial charge in [-0.25, -0.2) is 21.8 Å². The van der Waals surface area contributed by atoms with Gasteiger partial charge >= 0.3 is 0 Å². The van der Waals surface area contributed by atoms with Gasteiger partial charge in [0.25, 0.3) is 0 Å². The van der Waals surface area contributed by atoms with Crippen LogP contribution in [0, 0.1) is 3.57 Å². The number of rotatable bonds is 3. The molecule has 0 bridgehead atoms. The minimum Gasteiger partial charge on any atom is -0.373 e. The second-order valence-electron chi connectivity index (χ2n) is 6.89. The monoisotopic (exact) mass is 560 g/mol. The summed E-state index contributed by atoms with van der Waals surface area (Å²) in [5.74, 6) is 0. The summed E-state index contributed by atoms with van der Waals surface area (Å²) in [5.41, 5.74) is 2.05. The zero-order valence-corrected chi connectivity index (χ0v) is 20.2. The van der Waals surface area contributed by atoms with Crippen molar-refractivity contribution in [2.24, 2.45) is 0 Å². The Morgan fingerprint density at radius 2 is 1.47 bits per heavy atom. The van der Waals surface area contributed by atoms with E-state index in [0.29, 0.717) is 23.0 Å². The van der Waals surface area contributed by atoms with E-state index < -0.39 is 19.7 Å².